The molecular formula is C86H93Cl6N29O2. The van der Waals surface area contributed by atoms with E-state index >= 15 is 0 Å². The average Bonchev–Trinajstić information content (AvgIpc) is 1.64. The van der Waals surface area contributed by atoms with Gasteiger partial charge in [0, 0.05) is 139 Å². The fraction of sp³-hybridized carbons (Fsp3) is 0.337. The molecule has 19 rings (SSSR count). The average molecular weight is 1780 g/mol. The molecule has 0 radical (unpaired) electrons. The first-order chi connectivity index (χ1) is 59.7. The summed E-state index contributed by atoms with van der Waals surface area (Å²) in [5.41, 5.74) is 12.1. The molecule has 0 aliphatic carbocycles. The summed E-state index contributed by atoms with van der Waals surface area (Å²) in [6, 6.07) is 46.2. The number of nitrogens with zero attached hydrogens (tertiary/aromatic N) is 29. The topological polar surface area (TPSA) is 299 Å². The van der Waals surface area contributed by atoms with E-state index in [1.54, 1.807) is 28.2 Å². The molecule has 0 N–H and O–H groups in total. The first-order valence-corrected chi connectivity index (χ1v) is 42.7. The zero-order chi connectivity index (χ0) is 86.0. The summed E-state index contributed by atoms with van der Waals surface area (Å²) in [6.45, 7) is 22.7. The summed E-state index contributed by atoms with van der Waals surface area (Å²) < 4.78 is 14.4. The predicted octanol–water partition coefficient (Wildman–Crippen LogP) is 16.4. The zero-order valence-corrected chi connectivity index (χ0v) is 74.2. The lowest BCUT2D eigenvalue weighted by Gasteiger charge is -2.29. The number of imidazole rings is 1. The fourth-order valence-electron chi connectivity index (χ4n) is 14.4. The SMILES string of the molecule is CN(C)c1nc(Cl)nc(-n2ccnc2)n1.CN(C)c1nc(Cl)nc(N2CCCC2)n1.Cc1c(C)c(C)c(-c2nc(Cl)nc(-n3c4ccccc4c4ccccc43)n2)c(C)c1C.Clc1nc(-c2ccccc2)nc(N(c2ccccc2)c2ccccc2)n1.Clc1nc(N2CCCC2)nc(N2CCCC2)n1.Clc1nc(N2CCOCC2)nc(N2CCOCC2)n1. The highest BCUT2D eigenvalue weighted by Gasteiger charge is 2.27. The van der Waals surface area contributed by atoms with Gasteiger partial charge in [-0.1, -0.05) is 103 Å². The molecule has 31 nitrogen and oxygen atoms in total. The molecule has 5 fully saturated rings. The Balaban J connectivity index is 0.000000123. The minimum absolute atomic E-state index is 0.158. The van der Waals surface area contributed by atoms with Gasteiger partial charge in [-0.05, 0) is 207 Å². The standard InChI is InChI=1S/C26H23ClN4.C21H15ClN4.C11H16ClN5O2.C11H16ClN5.C9H14ClN5.C8H9ClN6/c1-14-15(2)17(4)23(18(5)16(14)3)24-28-25(27)30-26(29-24)31-21-12-8-6-10-19(21)20-11-7-9-13-22(20)31;22-20-23-19(16-10-4-1-5-11-16)24-21(25-20)26(17-12-6-2-7-13-17)18-14-8-3-9-15-18;12-9-13-10(16-1-5-18-6-2-16)15-11(14-9)17-3-7-19-8-4-17;12-9-13-10(16-5-1-2-6-16)15-11(14-9)17-7-3-4-8-17;1-14(2)8-11-7(10)12-9(13-8)15-5-3-4-6-15;1-14(2)7-11-6(9)12-8(13-7)15-4-3-10-5-15/h6-13H,1-5H3;1-15H;1-8H2;1-8H2;3-6H2,1-2H3;3-5H,1-2H3. The number of ether oxygens (including phenoxy) is 2. The van der Waals surface area contributed by atoms with E-state index in [1.807, 2.05) is 141 Å². The Kier molecular flexibility index (Phi) is 29.7. The maximum Gasteiger partial charge on any atom is 0.241 e. The third-order valence-corrected chi connectivity index (χ3v) is 22.1. The second-order valence-electron chi connectivity index (χ2n) is 29.6. The Hall–Kier alpha value is -11.6. The van der Waals surface area contributed by atoms with E-state index in [2.05, 4.69) is 190 Å². The summed E-state index contributed by atoms with van der Waals surface area (Å²) in [7, 11) is 7.45. The maximum atomic E-state index is 6.46. The van der Waals surface area contributed by atoms with Crippen LogP contribution in [0, 0.1) is 34.6 Å². The quantitative estimate of drug-likeness (QED) is 0.0976. The minimum Gasteiger partial charge on any atom is -0.378 e. The smallest absolute Gasteiger partial charge is 0.241 e. The van der Waals surface area contributed by atoms with Crippen molar-refractivity contribution in [2.24, 2.45) is 0 Å². The normalized spacial score (nSPS) is 14.3. The van der Waals surface area contributed by atoms with Crippen molar-refractivity contribution in [1.82, 2.24) is 104 Å². The molecule has 0 atom stereocenters. The van der Waals surface area contributed by atoms with Gasteiger partial charge < -0.3 is 43.8 Å². The van der Waals surface area contributed by atoms with Crippen LogP contribution in [0.1, 0.15) is 66.3 Å². The Morgan fingerprint density at radius 2 is 0.650 bits per heavy atom. The number of para-hydroxylation sites is 4. The molecule has 0 bridgehead atoms. The second kappa shape index (κ2) is 41.5. The van der Waals surface area contributed by atoms with Crippen LogP contribution in [0.2, 0.25) is 31.7 Å². The van der Waals surface area contributed by atoms with Crippen LogP contribution in [0.5, 0.6) is 0 Å². The largest absolute Gasteiger partial charge is 0.378 e. The van der Waals surface area contributed by atoms with Crippen molar-refractivity contribution in [1.29, 1.82) is 0 Å². The molecule has 0 amide bonds. The highest BCUT2D eigenvalue weighted by atomic mass is 35.5. The van der Waals surface area contributed by atoms with Gasteiger partial charge in [0.05, 0.1) is 37.5 Å². The first-order valence-electron chi connectivity index (χ1n) is 40.4. The Labute approximate surface area is 743 Å². The van der Waals surface area contributed by atoms with Gasteiger partial charge in [-0.3, -0.25) is 14.0 Å². The van der Waals surface area contributed by atoms with Crippen molar-refractivity contribution in [2.45, 2.75) is 73.1 Å². The summed E-state index contributed by atoms with van der Waals surface area (Å²) in [6.07, 6.45) is 12.2. The van der Waals surface area contributed by atoms with Gasteiger partial charge in [-0.15, -0.1) is 0 Å². The molecule has 14 aromatic rings. The second-order valence-corrected chi connectivity index (χ2v) is 31.6. The third-order valence-electron chi connectivity index (χ3n) is 21.1. The van der Waals surface area contributed by atoms with Crippen LogP contribution in [-0.4, -0.2) is 224 Å². The van der Waals surface area contributed by atoms with E-state index in [9.17, 15) is 0 Å². The molecule has 13 heterocycles. The molecule has 8 aromatic heterocycles. The monoisotopic (exact) mass is 1770 g/mol. The summed E-state index contributed by atoms with van der Waals surface area (Å²) in [5, 5.41) is 3.63. The van der Waals surface area contributed by atoms with Crippen LogP contribution in [0.15, 0.2) is 158 Å². The number of hydrogen-bond acceptors (Lipinski definition) is 29. The number of anilines is 10. The molecule has 5 aliphatic rings. The summed E-state index contributed by atoms with van der Waals surface area (Å²) >= 11 is 36.3. The highest BCUT2D eigenvalue weighted by molar-refractivity contribution is 6.30. The third kappa shape index (κ3) is 22.1. The molecule has 37 heteroatoms. The number of morpholine rings is 2. The van der Waals surface area contributed by atoms with Gasteiger partial charge >= 0.3 is 0 Å². The molecule has 636 valence electrons. The van der Waals surface area contributed by atoms with Crippen LogP contribution in [0.25, 0.3) is 56.5 Å². The van der Waals surface area contributed by atoms with Crippen LogP contribution < -0.4 is 39.2 Å². The highest BCUT2D eigenvalue weighted by Crippen LogP contribution is 2.38. The lowest BCUT2D eigenvalue weighted by Crippen LogP contribution is -2.40. The number of benzene rings is 6. The molecule has 0 unspecified atom stereocenters. The number of rotatable bonds is 14. The Bertz CT molecular complexity index is 5670. The van der Waals surface area contributed by atoms with E-state index in [-0.39, 0.29) is 26.4 Å². The molecular weight excluding hydrogens is 1680 g/mol. The maximum absolute atomic E-state index is 6.46. The number of fused-ring (bicyclic) bond motifs is 3. The van der Waals surface area contributed by atoms with Gasteiger partial charge in [-0.2, -0.15) is 89.7 Å². The molecule has 0 spiro atoms. The number of halogens is 6. The van der Waals surface area contributed by atoms with Crippen molar-refractivity contribution in [2.75, 3.05) is 159 Å². The van der Waals surface area contributed by atoms with E-state index in [4.69, 9.17) is 84.1 Å². The summed E-state index contributed by atoms with van der Waals surface area (Å²) in [5.74, 6) is 7.16. The lowest BCUT2D eigenvalue weighted by atomic mass is 9.89. The number of hydrogen-bond donors (Lipinski definition) is 0. The first kappa shape index (κ1) is 87.8. The molecule has 5 saturated heterocycles. The van der Waals surface area contributed by atoms with Crippen molar-refractivity contribution < 1.29 is 9.47 Å². The van der Waals surface area contributed by atoms with Gasteiger partial charge in [-0.25, -0.2) is 4.98 Å². The van der Waals surface area contributed by atoms with E-state index in [0.717, 1.165) is 122 Å². The fourth-order valence-corrected chi connectivity index (χ4v) is 15.3. The zero-order valence-electron chi connectivity index (χ0n) is 69.7. The number of aromatic nitrogens is 21. The van der Waals surface area contributed by atoms with Crippen LogP contribution in [-0.2, 0) is 9.47 Å². The van der Waals surface area contributed by atoms with Crippen molar-refractivity contribution in [3.8, 4) is 34.7 Å². The van der Waals surface area contributed by atoms with Gasteiger partial charge in [0.1, 0.15) is 6.33 Å². The Morgan fingerprint density at radius 1 is 0.309 bits per heavy atom. The van der Waals surface area contributed by atoms with E-state index < -0.39 is 0 Å². The Morgan fingerprint density at radius 3 is 1.08 bits per heavy atom. The van der Waals surface area contributed by atoms with Gasteiger partial charge in [0.25, 0.3) is 0 Å². The van der Waals surface area contributed by atoms with Crippen molar-refractivity contribution in [3.63, 3.8) is 0 Å². The van der Waals surface area contributed by atoms with E-state index in [1.165, 1.54) is 66.3 Å². The minimum atomic E-state index is 0.158. The van der Waals surface area contributed by atoms with E-state index in [0.29, 0.717) is 90.9 Å². The van der Waals surface area contributed by atoms with Crippen LogP contribution in [0.4, 0.5) is 59.0 Å². The van der Waals surface area contributed by atoms with Gasteiger partial charge in [0.2, 0.25) is 91.2 Å². The van der Waals surface area contributed by atoms with Crippen molar-refractivity contribution >= 4 is 150 Å². The molecule has 123 heavy (non-hydrogen) atoms. The summed E-state index contributed by atoms with van der Waals surface area (Å²) in [4.78, 5) is 98.1. The van der Waals surface area contributed by atoms with Crippen LogP contribution >= 0.6 is 69.6 Å². The van der Waals surface area contributed by atoms with Crippen LogP contribution in [0.3, 0.4) is 0 Å². The van der Waals surface area contributed by atoms with Gasteiger partial charge in [0.15, 0.2) is 11.6 Å². The van der Waals surface area contributed by atoms with Crippen molar-refractivity contribution in [3.05, 3.63) is 218 Å². The predicted molar refractivity (Wildman–Crippen MR) is 489 cm³/mol. The molecule has 6 aromatic carbocycles. The lowest BCUT2D eigenvalue weighted by molar-refractivity contribution is 0.121. The molecule has 5 aliphatic heterocycles. The molecule has 0 saturated carbocycles.